The summed E-state index contributed by atoms with van der Waals surface area (Å²) in [6, 6.07) is 7.23. The molecule has 0 aromatic heterocycles. The Kier molecular flexibility index (Phi) is 6.75. The van der Waals surface area contributed by atoms with Crippen molar-refractivity contribution in [1.82, 2.24) is 0 Å². The Morgan fingerprint density at radius 2 is 1.44 bits per heavy atom. The van der Waals surface area contributed by atoms with Gasteiger partial charge in [0.2, 0.25) is 0 Å². The largest absolute Gasteiger partial charge is 0.435 e. The van der Waals surface area contributed by atoms with Gasteiger partial charge in [0, 0.05) is 5.54 Å². The molecule has 0 bridgehead atoms. The summed E-state index contributed by atoms with van der Waals surface area (Å²) in [5, 5.41) is 0. The normalized spacial score (nSPS) is 30.7. The molecule has 0 radical (unpaired) electrons. The molecule has 1 aromatic carbocycles. The van der Waals surface area contributed by atoms with E-state index in [1.165, 1.54) is 56.9 Å². The highest BCUT2D eigenvalue weighted by molar-refractivity contribution is 6.25. The average molecular weight is 369 g/mol. The molecular formula is C21H27ClF2O. The van der Waals surface area contributed by atoms with Gasteiger partial charge in [-0.25, -0.2) is 0 Å². The second-order valence-electron chi connectivity index (χ2n) is 7.55. The molecule has 4 heteroatoms. The lowest BCUT2D eigenvalue weighted by atomic mass is 9.68. The quantitative estimate of drug-likeness (QED) is 0.537. The van der Waals surface area contributed by atoms with E-state index in [1.54, 1.807) is 17.7 Å². The number of hydrogen-bond donors (Lipinski definition) is 0. The number of halogens is 3. The van der Waals surface area contributed by atoms with Crippen molar-refractivity contribution in [2.24, 2.45) is 17.8 Å². The van der Waals surface area contributed by atoms with Gasteiger partial charge in [-0.15, -0.1) is 0 Å². The molecule has 1 aromatic rings. The first-order chi connectivity index (χ1) is 12.2. The van der Waals surface area contributed by atoms with Crippen LogP contribution in [0.1, 0.15) is 62.8 Å². The van der Waals surface area contributed by atoms with Gasteiger partial charge in [-0.2, -0.15) is 8.78 Å². The Hall–Kier alpha value is -1.09. The van der Waals surface area contributed by atoms with Gasteiger partial charge in [0.15, 0.2) is 0 Å². The summed E-state index contributed by atoms with van der Waals surface area (Å²) in [6.07, 6.45) is 12.4. The number of ether oxygens (including phenoxy) is 1. The molecule has 2 aliphatic rings. The predicted octanol–water partition coefficient (Wildman–Crippen LogP) is 7.12. The van der Waals surface area contributed by atoms with Gasteiger partial charge in [0.25, 0.3) is 0 Å². The number of rotatable bonds is 5. The van der Waals surface area contributed by atoms with Crippen molar-refractivity contribution >= 4 is 11.6 Å². The van der Waals surface area contributed by atoms with Crippen molar-refractivity contribution in [1.29, 1.82) is 0 Å². The van der Waals surface area contributed by atoms with Crippen LogP contribution in [0.2, 0.25) is 0 Å². The molecular weight excluding hydrogens is 342 g/mol. The fourth-order valence-corrected chi connectivity index (χ4v) is 4.96. The van der Waals surface area contributed by atoms with Gasteiger partial charge < -0.3 is 4.74 Å². The minimum atomic E-state index is -2.75. The highest BCUT2D eigenvalue weighted by atomic mass is 35.5. The Balaban J connectivity index is 1.47. The van der Waals surface area contributed by atoms with Gasteiger partial charge in [0.1, 0.15) is 5.75 Å². The van der Waals surface area contributed by atoms with Crippen molar-refractivity contribution < 1.29 is 13.5 Å². The SMILES string of the molecule is FC(F)Oc1ccc(C2CCC(C3CCC(/C=C/Cl)CC3)CC2)cc1. The third kappa shape index (κ3) is 5.20. The summed E-state index contributed by atoms with van der Waals surface area (Å²) in [6.45, 7) is -2.75. The molecule has 2 fully saturated rings. The summed E-state index contributed by atoms with van der Waals surface area (Å²) in [4.78, 5) is 0. The minimum Gasteiger partial charge on any atom is -0.435 e. The minimum absolute atomic E-state index is 0.246. The second-order valence-corrected chi connectivity index (χ2v) is 7.80. The van der Waals surface area contributed by atoms with Crippen molar-refractivity contribution in [3.8, 4) is 5.75 Å². The zero-order valence-corrected chi connectivity index (χ0v) is 15.3. The zero-order chi connectivity index (χ0) is 17.6. The lowest BCUT2D eigenvalue weighted by Crippen LogP contribution is -2.25. The third-order valence-electron chi connectivity index (χ3n) is 6.18. The maximum absolute atomic E-state index is 12.2. The molecule has 0 amide bonds. The third-order valence-corrected chi connectivity index (χ3v) is 6.32. The van der Waals surface area contributed by atoms with Crippen LogP contribution in [-0.4, -0.2) is 6.61 Å². The molecule has 138 valence electrons. The summed E-state index contributed by atoms with van der Waals surface area (Å²) in [5.41, 5.74) is 2.93. The summed E-state index contributed by atoms with van der Waals surface area (Å²) < 4.78 is 28.9. The zero-order valence-electron chi connectivity index (χ0n) is 14.5. The van der Waals surface area contributed by atoms with Crippen LogP contribution in [0, 0.1) is 17.8 Å². The Morgan fingerprint density at radius 1 is 0.880 bits per heavy atom. The molecule has 0 atom stereocenters. The molecule has 2 aliphatic carbocycles. The molecule has 0 unspecified atom stereocenters. The Bertz CT molecular complexity index is 542. The van der Waals surface area contributed by atoms with E-state index in [2.05, 4.69) is 10.8 Å². The Morgan fingerprint density at radius 3 is 1.96 bits per heavy atom. The highest BCUT2D eigenvalue weighted by Gasteiger charge is 2.30. The van der Waals surface area contributed by atoms with Gasteiger partial charge in [-0.3, -0.25) is 0 Å². The van der Waals surface area contributed by atoms with Crippen LogP contribution in [0.3, 0.4) is 0 Å². The molecule has 0 heterocycles. The highest BCUT2D eigenvalue weighted by Crippen LogP contribution is 2.44. The summed E-state index contributed by atoms with van der Waals surface area (Å²) in [5.74, 6) is 3.22. The first kappa shape index (κ1) is 18.7. The predicted molar refractivity (Wildman–Crippen MR) is 98.2 cm³/mol. The number of alkyl halides is 2. The van der Waals surface area contributed by atoms with Crippen LogP contribution in [0.4, 0.5) is 8.78 Å². The van der Waals surface area contributed by atoms with Gasteiger partial charge >= 0.3 is 6.61 Å². The topological polar surface area (TPSA) is 9.23 Å². The first-order valence-corrected chi connectivity index (χ1v) is 9.91. The Labute approximate surface area is 154 Å². The van der Waals surface area contributed by atoms with Crippen molar-refractivity contribution in [2.75, 3.05) is 0 Å². The average Bonchev–Trinajstić information content (AvgIpc) is 2.63. The standard InChI is InChI=1S/C21H27ClF2O/c22-14-13-15-1-3-16(4-2-15)17-5-7-18(8-6-17)19-9-11-20(12-10-19)25-21(23)24/h9-18,21H,1-8H2/b14-13+. The summed E-state index contributed by atoms with van der Waals surface area (Å²) >= 11 is 5.70. The molecule has 3 rings (SSSR count). The van der Waals surface area contributed by atoms with Crippen LogP contribution in [0.15, 0.2) is 35.9 Å². The fourth-order valence-electron chi connectivity index (χ4n) is 4.76. The first-order valence-electron chi connectivity index (χ1n) is 9.47. The monoisotopic (exact) mass is 368 g/mol. The van der Waals surface area contributed by atoms with E-state index in [0.717, 1.165) is 11.8 Å². The van der Waals surface area contributed by atoms with Gasteiger partial charge in [-0.05, 0) is 92.7 Å². The van der Waals surface area contributed by atoms with E-state index in [0.29, 0.717) is 11.8 Å². The maximum Gasteiger partial charge on any atom is 0.387 e. The van der Waals surface area contributed by atoms with Crippen LogP contribution < -0.4 is 4.74 Å². The molecule has 0 N–H and O–H groups in total. The number of benzene rings is 1. The number of allylic oxidation sites excluding steroid dienone is 1. The van der Waals surface area contributed by atoms with Crippen molar-refractivity contribution in [2.45, 2.75) is 63.9 Å². The molecule has 1 nitrogen and oxygen atoms in total. The molecule has 2 saturated carbocycles. The second kappa shape index (κ2) is 9.02. The van der Waals surface area contributed by atoms with Crippen molar-refractivity contribution in [3.05, 3.63) is 41.4 Å². The van der Waals surface area contributed by atoms with Gasteiger partial charge in [-0.1, -0.05) is 29.8 Å². The molecule has 0 aliphatic heterocycles. The molecule has 0 spiro atoms. The van der Waals surface area contributed by atoms with Crippen LogP contribution in [0.5, 0.6) is 5.75 Å². The van der Waals surface area contributed by atoms with E-state index >= 15 is 0 Å². The lowest BCUT2D eigenvalue weighted by molar-refractivity contribution is -0.0498. The number of hydrogen-bond acceptors (Lipinski definition) is 1. The van der Waals surface area contributed by atoms with E-state index in [-0.39, 0.29) is 5.75 Å². The molecule has 0 saturated heterocycles. The van der Waals surface area contributed by atoms with E-state index in [4.69, 9.17) is 11.6 Å². The van der Waals surface area contributed by atoms with Crippen molar-refractivity contribution in [3.63, 3.8) is 0 Å². The van der Waals surface area contributed by atoms with E-state index in [9.17, 15) is 8.78 Å². The lowest BCUT2D eigenvalue weighted by Gasteiger charge is -2.37. The van der Waals surface area contributed by atoms with Gasteiger partial charge in [0.05, 0.1) is 0 Å². The fraction of sp³-hybridized carbons (Fsp3) is 0.619. The smallest absolute Gasteiger partial charge is 0.387 e. The molecule has 25 heavy (non-hydrogen) atoms. The van der Waals surface area contributed by atoms with E-state index in [1.807, 2.05) is 12.1 Å². The maximum atomic E-state index is 12.2. The van der Waals surface area contributed by atoms with E-state index < -0.39 is 6.61 Å². The van der Waals surface area contributed by atoms with Crippen LogP contribution in [0.25, 0.3) is 0 Å². The van der Waals surface area contributed by atoms with Crippen LogP contribution >= 0.6 is 11.6 Å². The van der Waals surface area contributed by atoms with Crippen LogP contribution in [-0.2, 0) is 0 Å². The summed E-state index contributed by atoms with van der Waals surface area (Å²) in [7, 11) is 0.